The topological polar surface area (TPSA) is 135 Å². The van der Waals surface area contributed by atoms with Crippen molar-refractivity contribution in [1.29, 1.82) is 0 Å². The van der Waals surface area contributed by atoms with Crippen LogP contribution in [0.4, 0.5) is 17.1 Å². The van der Waals surface area contributed by atoms with E-state index in [2.05, 4.69) is 9.44 Å². The lowest BCUT2D eigenvalue weighted by Gasteiger charge is -2.17. The fourth-order valence-corrected chi connectivity index (χ4v) is 7.33. The summed E-state index contributed by atoms with van der Waals surface area (Å²) in [6.45, 7) is 7.62. The zero-order chi connectivity index (χ0) is 29.9. The second kappa shape index (κ2) is 11.9. The van der Waals surface area contributed by atoms with E-state index in [0.29, 0.717) is 0 Å². The van der Waals surface area contributed by atoms with Gasteiger partial charge in [0, 0.05) is 11.0 Å². The number of rotatable bonds is 10. The maximum absolute atomic E-state index is 13.3. The van der Waals surface area contributed by atoms with Crippen molar-refractivity contribution in [1.82, 2.24) is 0 Å². The number of anilines is 2. The third-order valence-corrected chi connectivity index (χ3v) is 10.1. The Morgan fingerprint density at radius 3 is 1.63 bits per heavy atom. The maximum Gasteiger partial charge on any atom is 0.285 e. The molecule has 0 heterocycles. The summed E-state index contributed by atoms with van der Waals surface area (Å²) in [5, 5.41) is 12.2. The van der Waals surface area contributed by atoms with Gasteiger partial charge in [0.1, 0.15) is 0 Å². The van der Waals surface area contributed by atoms with E-state index in [0.717, 1.165) is 39.4 Å². The van der Waals surface area contributed by atoms with E-state index in [-0.39, 0.29) is 37.7 Å². The standard InChI is InChI=1S/C29H29N3O6S3/c1-19(2)24-7-5-6-8-28(24)39-29-18-26(31-41(37,38)23-15-11-21(4)12-16-23)25(17-27(29)32(33)34)30-40(35,36)22-13-9-20(3)10-14-22/h5-19,30-31H,1-4H3. The molecule has 0 atom stereocenters. The van der Waals surface area contributed by atoms with Crippen LogP contribution in [0, 0.1) is 24.0 Å². The van der Waals surface area contributed by atoms with Gasteiger partial charge in [-0.25, -0.2) is 16.8 Å². The van der Waals surface area contributed by atoms with Gasteiger partial charge in [0.05, 0.1) is 31.0 Å². The Balaban J connectivity index is 1.87. The molecule has 0 fully saturated rings. The average Bonchev–Trinajstić information content (AvgIpc) is 2.90. The molecule has 12 heteroatoms. The monoisotopic (exact) mass is 611 g/mol. The molecule has 0 aromatic heterocycles. The number of aryl methyl sites for hydroxylation is 2. The van der Waals surface area contributed by atoms with Crippen LogP contribution in [0.5, 0.6) is 0 Å². The number of benzene rings is 4. The molecule has 9 nitrogen and oxygen atoms in total. The molecular weight excluding hydrogens is 583 g/mol. The van der Waals surface area contributed by atoms with E-state index in [9.17, 15) is 26.9 Å². The predicted octanol–water partition coefficient (Wildman–Crippen LogP) is 7.09. The molecule has 0 aliphatic rings. The molecule has 0 radical (unpaired) electrons. The number of nitro benzene ring substituents is 1. The normalized spacial score (nSPS) is 11.8. The number of nitrogens with zero attached hydrogens (tertiary/aromatic N) is 1. The highest BCUT2D eigenvalue weighted by Crippen LogP contribution is 2.43. The Morgan fingerprint density at radius 2 is 1.17 bits per heavy atom. The molecule has 0 unspecified atom stereocenters. The number of nitrogens with one attached hydrogen (secondary N) is 2. The largest absolute Gasteiger partial charge is 0.285 e. The van der Waals surface area contributed by atoms with E-state index in [1.807, 2.05) is 45.0 Å². The van der Waals surface area contributed by atoms with Crippen molar-refractivity contribution in [2.75, 3.05) is 9.44 Å². The highest BCUT2D eigenvalue weighted by Gasteiger charge is 2.26. The lowest BCUT2D eigenvalue weighted by atomic mass is 10.0. The van der Waals surface area contributed by atoms with Gasteiger partial charge in [0.15, 0.2) is 0 Å². The molecule has 4 aromatic carbocycles. The van der Waals surface area contributed by atoms with Crippen LogP contribution in [-0.4, -0.2) is 21.8 Å². The molecule has 214 valence electrons. The third kappa shape index (κ3) is 7.07. The summed E-state index contributed by atoms with van der Waals surface area (Å²) in [4.78, 5) is 12.3. The Labute approximate surface area is 244 Å². The summed E-state index contributed by atoms with van der Waals surface area (Å²) >= 11 is 1.11. The minimum absolute atomic E-state index is 0.0480. The first-order valence-corrected chi connectivity index (χ1v) is 16.3. The molecule has 0 amide bonds. The number of hydrogen-bond acceptors (Lipinski definition) is 7. The van der Waals surface area contributed by atoms with Gasteiger partial charge in [-0.1, -0.05) is 79.2 Å². The molecule has 41 heavy (non-hydrogen) atoms. The first-order chi connectivity index (χ1) is 19.3. The fourth-order valence-electron chi connectivity index (χ4n) is 3.97. The van der Waals surface area contributed by atoms with Crippen molar-refractivity contribution in [2.45, 2.75) is 53.2 Å². The summed E-state index contributed by atoms with van der Waals surface area (Å²) in [5.41, 5.74) is 1.83. The molecule has 0 spiro atoms. The van der Waals surface area contributed by atoms with Crippen LogP contribution in [-0.2, 0) is 20.0 Å². The minimum atomic E-state index is -4.22. The lowest BCUT2D eigenvalue weighted by molar-refractivity contribution is -0.387. The van der Waals surface area contributed by atoms with E-state index in [1.165, 1.54) is 30.3 Å². The van der Waals surface area contributed by atoms with Crippen LogP contribution in [0.1, 0.15) is 36.5 Å². The third-order valence-electron chi connectivity index (χ3n) is 6.21. The van der Waals surface area contributed by atoms with E-state index in [1.54, 1.807) is 31.2 Å². The van der Waals surface area contributed by atoms with E-state index >= 15 is 0 Å². The van der Waals surface area contributed by atoms with Gasteiger partial charge < -0.3 is 0 Å². The summed E-state index contributed by atoms with van der Waals surface area (Å²) < 4.78 is 58.0. The van der Waals surface area contributed by atoms with Crippen LogP contribution in [0.2, 0.25) is 0 Å². The quantitative estimate of drug-likeness (QED) is 0.144. The van der Waals surface area contributed by atoms with Gasteiger partial charge in [-0.2, -0.15) is 0 Å². The average molecular weight is 612 g/mol. The van der Waals surface area contributed by atoms with Gasteiger partial charge in [-0.3, -0.25) is 19.6 Å². The van der Waals surface area contributed by atoms with Crippen LogP contribution < -0.4 is 9.44 Å². The van der Waals surface area contributed by atoms with Gasteiger partial charge in [0.2, 0.25) is 0 Å². The van der Waals surface area contributed by atoms with Crippen LogP contribution in [0.15, 0.2) is 105 Å². The summed E-state index contributed by atoms with van der Waals surface area (Å²) in [7, 11) is -8.41. The number of hydrogen-bond donors (Lipinski definition) is 2. The number of sulfonamides is 2. The van der Waals surface area contributed by atoms with Crippen molar-refractivity contribution in [3.05, 3.63) is 112 Å². The zero-order valence-corrected chi connectivity index (χ0v) is 25.2. The summed E-state index contributed by atoms with van der Waals surface area (Å²) in [6.07, 6.45) is 0. The van der Waals surface area contributed by atoms with Crippen LogP contribution in [0.3, 0.4) is 0 Å². The number of nitro groups is 1. The van der Waals surface area contributed by atoms with Gasteiger partial charge >= 0.3 is 0 Å². The molecule has 0 aliphatic carbocycles. The molecular formula is C29H29N3O6S3. The molecule has 0 aliphatic heterocycles. The summed E-state index contributed by atoms with van der Waals surface area (Å²) in [6, 6.07) is 21.9. The molecule has 0 saturated heterocycles. The Hall–Kier alpha value is -3.87. The minimum Gasteiger partial charge on any atom is -0.277 e. The van der Waals surface area contributed by atoms with Crippen molar-refractivity contribution in [2.24, 2.45) is 0 Å². The SMILES string of the molecule is Cc1ccc(S(=O)(=O)Nc2cc(Sc3ccccc3C(C)C)c([N+](=O)[O-])cc2NS(=O)(=O)c2ccc(C)cc2)cc1. The molecule has 2 N–H and O–H groups in total. The highest BCUT2D eigenvalue weighted by atomic mass is 32.2. The molecule has 0 bridgehead atoms. The van der Waals surface area contributed by atoms with Gasteiger partial charge in [-0.05, 0) is 61.7 Å². The Bertz CT molecular complexity index is 1800. The highest BCUT2D eigenvalue weighted by molar-refractivity contribution is 7.99. The first-order valence-electron chi connectivity index (χ1n) is 12.5. The van der Waals surface area contributed by atoms with Crippen molar-refractivity contribution >= 4 is 48.9 Å². The fraction of sp³-hybridized carbons (Fsp3) is 0.172. The van der Waals surface area contributed by atoms with Crippen molar-refractivity contribution < 1.29 is 21.8 Å². The van der Waals surface area contributed by atoms with E-state index in [4.69, 9.17) is 0 Å². The first kappa shape index (κ1) is 30.1. The summed E-state index contributed by atoms with van der Waals surface area (Å²) in [5.74, 6) is 0.123. The lowest BCUT2D eigenvalue weighted by Crippen LogP contribution is -2.18. The Kier molecular flexibility index (Phi) is 8.76. The molecule has 0 saturated carbocycles. The van der Waals surface area contributed by atoms with E-state index < -0.39 is 25.0 Å². The Morgan fingerprint density at radius 1 is 0.707 bits per heavy atom. The zero-order valence-electron chi connectivity index (χ0n) is 22.8. The molecule has 4 aromatic rings. The maximum atomic E-state index is 13.3. The van der Waals surface area contributed by atoms with Crippen LogP contribution in [0.25, 0.3) is 0 Å². The smallest absolute Gasteiger partial charge is 0.277 e. The second-order valence-electron chi connectivity index (χ2n) is 9.75. The van der Waals surface area contributed by atoms with Gasteiger partial charge in [0.25, 0.3) is 25.7 Å². The van der Waals surface area contributed by atoms with Crippen molar-refractivity contribution in [3.63, 3.8) is 0 Å². The van der Waals surface area contributed by atoms with Crippen LogP contribution >= 0.6 is 11.8 Å². The second-order valence-corrected chi connectivity index (χ2v) is 14.2. The van der Waals surface area contributed by atoms with Gasteiger partial charge in [-0.15, -0.1) is 0 Å². The van der Waals surface area contributed by atoms with Crippen molar-refractivity contribution in [3.8, 4) is 0 Å². The predicted molar refractivity (Wildman–Crippen MR) is 162 cm³/mol. The molecule has 4 rings (SSSR count).